The Kier molecular flexibility index (Phi) is 4.28. The van der Waals surface area contributed by atoms with Crippen LogP contribution in [0.3, 0.4) is 0 Å². The average Bonchev–Trinajstić information content (AvgIpc) is 2.79. The molecule has 1 heterocycles. The van der Waals surface area contributed by atoms with E-state index in [9.17, 15) is 4.39 Å². The number of ether oxygens (including phenoxy) is 1. The lowest BCUT2D eigenvalue weighted by Gasteiger charge is -2.06. The molecule has 5 heteroatoms. The van der Waals surface area contributed by atoms with Crippen LogP contribution in [-0.2, 0) is 17.9 Å². The average molecular weight is 266 g/mol. The molecule has 96 valence electrons. The first-order valence-corrected chi connectivity index (χ1v) is 6.49. The Balaban J connectivity index is 1.99. The number of anilines is 1. The first kappa shape index (κ1) is 13.0. The summed E-state index contributed by atoms with van der Waals surface area (Å²) in [7, 11) is 1.64. The zero-order chi connectivity index (χ0) is 13.0. The highest BCUT2D eigenvalue weighted by atomic mass is 32.1. The zero-order valence-electron chi connectivity index (χ0n) is 10.4. The minimum atomic E-state index is -0.243. The normalized spacial score (nSPS) is 10.6. The topological polar surface area (TPSA) is 34.1 Å². The third-order valence-electron chi connectivity index (χ3n) is 2.45. The van der Waals surface area contributed by atoms with Crippen LogP contribution >= 0.6 is 11.3 Å². The second-order valence-corrected chi connectivity index (χ2v) is 4.95. The number of rotatable bonds is 5. The molecule has 0 aliphatic rings. The van der Waals surface area contributed by atoms with Crippen molar-refractivity contribution >= 4 is 17.0 Å². The van der Waals surface area contributed by atoms with E-state index < -0.39 is 0 Å². The van der Waals surface area contributed by atoms with Crippen molar-refractivity contribution in [3.8, 4) is 0 Å². The van der Waals surface area contributed by atoms with Crippen LogP contribution in [0.2, 0.25) is 0 Å². The summed E-state index contributed by atoms with van der Waals surface area (Å²) in [6, 6.07) is 5.01. The molecule has 0 spiro atoms. The number of nitrogens with zero attached hydrogens (tertiary/aromatic N) is 1. The van der Waals surface area contributed by atoms with Crippen LogP contribution in [0.1, 0.15) is 16.3 Å². The lowest BCUT2D eigenvalue weighted by molar-refractivity contribution is 0.184. The molecular formula is C13H15FN2OS. The van der Waals surface area contributed by atoms with Crippen LogP contribution in [-0.4, -0.2) is 12.1 Å². The van der Waals surface area contributed by atoms with E-state index in [0.29, 0.717) is 18.8 Å². The Labute approximate surface area is 110 Å². The Bertz CT molecular complexity index is 527. The van der Waals surface area contributed by atoms with Crippen LogP contribution in [0.25, 0.3) is 0 Å². The fourth-order valence-electron chi connectivity index (χ4n) is 1.58. The lowest BCUT2D eigenvalue weighted by atomic mass is 10.2. The fraction of sp³-hybridized carbons (Fsp3) is 0.308. The molecule has 0 amide bonds. The van der Waals surface area contributed by atoms with Crippen LogP contribution < -0.4 is 5.32 Å². The minimum absolute atomic E-state index is 0.243. The molecule has 0 saturated carbocycles. The number of hydrogen-bond acceptors (Lipinski definition) is 4. The number of hydrogen-bond donors (Lipinski definition) is 1. The molecule has 1 aromatic heterocycles. The highest BCUT2D eigenvalue weighted by Gasteiger charge is 2.04. The predicted octanol–water partition coefficient (Wildman–Crippen LogP) is 3.35. The number of aryl methyl sites for hydroxylation is 1. The number of methoxy groups -OCH3 is 1. The van der Waals surface area contributed by atoms with E-state index >= 15 is 0 Å². The van der Waals surface area contributed by atoms with Gasteiger partial charge in [0.05, 0.1) is 24.5 Å². The van der Waals surface area contributed by atoms with Gasteiger partial charge in [-0.05, 0) is 24.6 Å². The molecule has 0 aliphatic carbocycles. The summed E-state index contributed by atoms with van der Waals surface area (Å²) in [4.78, 5) is 4.38. The molecule has 0 saturated heterocycles. The Hall–Kier alpha value is -1.46. The van der Waals surface area contributed by atoms with Gasteiger partial charge in [-0.2, -0.15) is 0 Å². The lowest BCUT2D eigenvalue weighted by Crippen LogP contribution is -2.02. The number of aromatic nitrogens is 1. The van der Waals surface area contributed by atoms with Crippen LogP contribution in [0.4, 0.5) is 10.1 Å². The number of thiazole rings is 1. The molecule has 2 rings (SSSR count). The van der Waals surface area contributed by atoms with Gasteiger partial charge in [0.25, 0.3) is 0 Å². The molecule has 0 aliphatic heterocycles. The van der Waals surface area contributed by atoms with Gasteiger partial charge in [-0.25, -0.2) is 9.37 Å². The van der Waals surface area contributed by atoms with Crippen LogP contribution in [0.15, 0.2) is 23.6 Å². The van der Waals surface area contributed by atoms with Gasteiger partial charge in [-0.1, -0.05) is 6.07 Å². The van der Waals surface area contributed by atoms with Crippen molar-refractivity contribution in [2.45, 2.75) is 20.1 Å². The molecule has 18 heavy (non-hydrogen) atoms. The summed E-state index contributed by atoms with van der Waals surface area (Å²) in [5, 5.41) is 5.94. The van der Waals surface area contributed by atoms with Gasteiger partial charge in [0.15, 0.2) is 0 Å². The standard InChI is InChI=1S/C13H15FN2OS/c1-9-3-4-11(14)12(5-9)15-6-10-8-18-13(16-10)7-17-2/h3-5,8,15H,6-7H2,1-2H3. The zero-order valence-corrected chi connectivity index (χ0v) is 11.2. The van der Waals surface area contributed by atoms with Gasteiger partial charge in [-0.15, -0.1) is 11.3 Å². The van der Waals surface area contributed by atoms with Gasteiger partial charge in [-0.3, -0.25) is 0 Å². The fourth-order valence-corrected chi connectivity index (χ4v) is 2.34. The van der Waals surface area contributed by atoms with Crippen molar-refractivity contribution < 1.29 is 9.13 Å². The van der Waals surface area contributed by atoms with E-state index in [2.05, 4.69) is 10.3 Å². The quantitative estimate of drug-likeness (QED) is 0.901. The van der Waals surface area contributed by atoms with Crippen molar-refractivity contribution in [1.29, 1.82) is 0 Å². The van der Waals surface area contributed by atoms with Crippen molar-refractivity contribution in [2.75, 3.05) is 12.4 Å². The van der Waals surface area contributed by atoms with Gasteiger partial charge in [0, 0.05) is 12.5 Å². The minimum Gasteiger partial charge on any atom is -0.378 e. The van der Waals surface area contributed by atoms with Crippen molar-refractivity contribution in [1.82, 2.24) is 4.98 Å². The molecule has 2 aromatic rings. The predicted molar refractivity (Wildman–Crippen MR) is 71.3 cm³/mol. The van der Waals surface area contributed by atoms with Gasteiger partial charge in [0.1, 0.15) is 10.8 Å². The highest BCUT2D eigenvalue weighted by molar-refractivity contribution is 7.09. The second kappa shape index (κ2) is 5.93. The third-order valence-corrected chi connectivity index (χ3v) is 3.32. The van der Waals surface area contributed by atoms with E-state index in [-0.39, 0.29) is 5.82 Å². The van der Waals surface area contributed by atoms with E-state index in [1.165, 1.54) is 6.07 Å². The Morgan fingerprint density at radius 1 is 1.44 bits per heavy atom. The molecule has 0 bridgehead atoms. The van der Waals surface area contributed by atoms with Crippen molar-refractivity contribution in [3.05, 3.63) is 45.7 Å². The molecule has 3 nitrogen and oxygen atoms in total. The summed E-state index contributed by atoms with van der Waals surface area (Å²) in [6.45, 7) is 2.97. The summed E-state index contributed by atoms with van der Waals surface area (Å²) >= 11 is 1.55. The molecule has 0 atom stereocenters. The van der Waals surface area contributed by atoms with E-state index in [1.54, 1.807) is 30.6 Å². The summed E-state index contributed by atoms with van der Waals surface area (Å²) < 4.78 is 18.5. The van der Waals surface area contributed by atoms with Crippen molar-refractivity contribution in [2.24, 2.45) is 0 Å². The monoisotopic (exact) mass is 266 g/mol. The van der Waals surface area contributed by atoms with Gasteiger partial charge in [0.2, 0.25) is 0 Å². The summed E-state index contributed by atoms with van der Waals surface area (Å²) in [6.07, 6.45) is 0. The van der Waals surface area contributed by atoms with E-state index in [1.807, 2.05) is 12.3 Å². The second-order valence-electron chi connectivity index (χ2n) is 4.00. The molecular weight excluding hydrogens is 251 g/mol. The maximum absolute atomic E-state index is 13.5. The SMILES string of the molecule is COCc1nc(CNc2cc(C)ccc2F)cs1. The molecule has 1 N–H and O–H groups in total. The maximum atomic E-state index is 13.5. The van der Waals surface area contributed by atoms with Crippen LogP contribution in [0, 0.1) is 12.7 Å². The Morgan fingerprint density at radius 3 is 3.06 bits per heavy atom. The van der Waals surface area contributed by atoms with Crippen LogP contribution in [0.5, 0.6) is 0 Å². The first-order chi connectivity index (χ1) is 8.69. The molecule has 1 aromatic carbocycles. The molecule has 0 fully saturated rings. The highest BCUT2D eigenvalue weighted by Crippen LogP contribution is 2.17. The summed E-state index contributed by atoms with van der Waals surface area (Å²) in [5.74, 6) is -0.243. The smallest absolute Gasteiger partial charge is 0.146 e. The third kappa shape index (κ3) is 3.27. The number of nitrogens with one attached hydrogen (secondary N) is 1. The maximum Gasteiger partial charge on any atom is 0.146 e. The molecule has 0 radical (unpaired) electrons. The first-order valence-electron chi connectivity index (χ1n) is 5.61. The largest absolute Gasteiger partial charge is 0.378 e. The number of benzene rings is 1. The van der Waals surface area contributed by atoms with E-state index in [0.717, 1.165) is 16.3 Å². The molecule has 0 unspecified atom stereocenters. The Morgan fingerprint density at radius 2 is 2.28 bits per heavy atom. The van der Waals surface area contributed by atoms with Gasteiger partial charge >= 0.3 is 0 Å². The number of halogens is 1. The summed E-state index contributed by atoms with van der Waals surface area (Å²) in [5.41, 5.74) is 2.43. The van der Waals surface area contributed by atoms with Gasteiger partial charge < -0.3 is 10.1 Å². The van der Waals surface area contributed by atoms with E-state index in [4.69, 9.17) is 4.74 Å². The van der Waals surface area contributed by atoms with Crippen molar-refractivity contribution in [3.63, 3.8) is 0 Å².